The maximum atomic E-state index is 13.3. The molecule has 3 heterocycles. The quantitative estimate of drug-likeness (QED) is 0.228. The molecule has 0 aromatic heterocycles. The van der Waals surface area contributed by atoms with Crippen LogP contribution in [-0.2, 0) is 11.3 Å². The standard InChI is InChI=1S/C35H35N5O3/c1-23-5-9-26(10-6-23)36-33(41)22-43-29-13-7-24(8-14-29)34-37-31-16-12-28(20-32(31)38-34)40-21-25-19-27(11-15-30(25)35(40)42)39-17-3-2-4-18-39/h5-16,19-20,34,37-38H,2-4,17-18,21-22H2,1H3,(H,36,41). The van der Waals surface area contributed by atoms with Crippen molar-refractivity contribution >= 4 is 40.3 Å². The molecule has 3 N–H and O–H groups in total. The van der Waals surface area contributed by atoms with Crippen molar-refractivity contribution in [3.8, 4) is 5.75 Å². The molecule has 4 aromatic carbocycles. The van der Waals surface area contributed by atoms with Crippen molar-refractivity contribution in [2.45, 2.75) is 38.9 Å². The summed E-state index contributed by atoms with van der Waals surface area (Å²) in [6.07, 6.45) is 3.63. The minimum atomic E-state index is -0.208. The largest absolute Gasteiger partial charge is 0.484 e. The summed E-state index contributed by atoms with van der Waals surface area (Å²) >= 11 is 0. The van der Waals surface area contributed by atoms with Crippen molar-refractivity contribution in [3.05, 3.63) is 107 Å². The zero-order chi connectivity index (χ0) is 29.3. The maximum absolute atomic E-state index is 13.3. The van der Waals surface area contributed by atoms with Crippen LogP contribution in [0.15, 0.2) is 84.9 Å². The van der Waals surface area contributed by atoms with E-state index in [2.05, 4.69) is 33.0 Å². The molecule has 1 unspecified atom stereocenters. The number of rotatable bonds is 7. The number of hydrogen-bond acceptors (Lipinski definition) is 6. The minimum absolute atomic E-state index is 0.0470. The lowest BCUT2D eigenvalue weighted by Crippen LogP contribution is -2.29. The smallest absolute Gasteiger partial charge is 0.262 e. The van der Waals surface area contributed by atoms with Gasteiger partial charge in [-0.25, -0.2) is 0 Å². The van der Waals surface area contributed by atoms with E-state index in [9.17, 15) is 9.59 Å². The molecule has 0 bridgehead atoms. The van der Waals surface area contributed by atoms with Crippen molar-refractivity contribution in [3.63, 3.8) is 0 Å². The van der Waals surface area contributed by atoms with Gasteiger partial charge in [-0.15, -0.1) is 0 Å². The second-order valence-corrected chi connectivity index (χ2v) is 11.5. The highest BCUT2D eigenvalue weighted by Crippen LogP contribution is 2.40. The highest BCUT2D eigenvalue weighted by Gasteiger charge is 2.31. The monoisotopic (exact) mass is 573 g/mol. The molecular weight excluding hydrogens is 538 g/mol. The van der Waals surface area contributed by atoms with Gasteiger partial charge < -0.3 is 30.5 Å². The molecular formula is C35H35N5O3. The molecule has 0 spiro atoms. The SMILES string of the molecule is Cc1ccc(NC(=O)COc2ccc(C3Nc4ccc(N5Cc6cc(N7CCCCC7)ccc6C5=O)cc4N3)cc2)cc1. The fourth-order valence-electron chi connectivity index (χ4n) is 6.06. The third kappa shape index (κ3) is 5.60. The van der Waals surface area contributed by atoms with E-state index in [-0.39, 0.29) is 24.6 Å². The Labute approximate surface area is 251 Å². The van der Waals surface area contributed by atoms with Gasteiger partial charge in [0.2, 0.25) is 0 Å². The number of hydrogen-bond donors (Lipinski definition) is 3. The van der Waals surface area contributed by atoms with Crippen LogP contribution < -0.4 is 30.5 Å². The number of carbonyl (C=O) groups excluding carboxylic acids is 2. The number of ether oxygens (including phenoxy) is 1. The average Bonchev–Trinajstić information content (AvgIpc) is 3.62. The van der Waals surface area contributed by atoms with Gasteiger partial charge in [0.05, 0.1) is 17.9 Å². The molecule has 0 saturated carbocycles. The summed E-state index contributed by atoms with van der Waals surface area (Å²) in [5, 5.41) is 9.90. The van der Waals surface area contributed by atoms with Gasteiger partial charge in [-0.2, -0.15) is 0 Å². The molecule has 2 amide bonds. The summed E-state index contributed by atoms with van der Waals surface area (Å²) < 4.78 is 5.70. The van der Waals surface area contributed by atoms with Gasteiger partial charge in [-0.1, -0.05) is 29.8 Å². The summed E-state index contributed by atoms with van der Waals surface area (Å²) in [6, 6.07) is 27.7. The number of anilines is 5. The van der Waals surface area contributed by atoms with Crippen LogP contribution in [0.2, 0.25) is 0 Å². The summed E-state index contributed by atoms with van der Waals surface area (Å²) in [7, 11) is 0. The zero-order valence-corrected chi connectivity index (χ0v) is 24.2. The molecule has 3 aliphatic rings. The Morgan fingerprint density at radius 2 is 1.60 bits per heavy atom. The van der Waals surface area contributed by atoms with E-state index in [1.165, 1.54) is 24.9 Å². The first-order valence-electron chi connectivity index (χ1n) is 15.0. The number of fused-ring (bicyclic) bond motifs is 2. The Kier molecular flexibility index (Phi) is 7.10. The number of aryl methyl sites for hydroxylation is 1. The first kappa shape index (κ1) is 26.9. The van der Waals surface area contributed by atoms with Crippen molar-refractivity contribution in [2.75, 3.05) is 45.4 Å². The first-order chi connectivity index (χ1) is 21.0. The number of carbonyl (C=O) groups is 2. The van der Waals surface area contributed by atoms with Gasteiger partial charge in [0.15, 0.2) is 6.61 Å². The average molecular weight is 574 g/mol. The molecule has 8 heteroatoms. The van der Waals surface area contributed by atoms with Crippen molar-refractivity contribution in [2.24, 2.45) is 0 Å². The number of benzene rings is 4. The second kappa shape index (κ2) is 11.4. The predicted octanol–water partition coefficient (Wildman–Crippen LogP) is 6.70. The van der Waals surface area contributed by atoms with E-state index in [1.54, 1.807) is 0 Å². The molecule has 0 radical (unpaired) electrons. The topological polar surface area (TPSA) is 85.9 Å². The normalized spacial score (nSPS) is 17.1. The van der Waals surface area contributed by atoms with Gasteiger partial charge in [0.1, 0.15) is 11.9 Å². The van der Waals surface area contributed by atoms with E-state index in [0.29, 0.717) is 12.3 Å². The zero-order valence-electron chi connectivity index (χ0n) is 24.2. The number of nitrogens with one attached hydrogen (secondary N) is 3. The molecule has 3 aliphatic heterocycles. The minimum Gasteiger partial charge on any atom is -0.484 e. The lowest BCUT2D eigenvalue weighted by Gasteiger charge is -2.29. The lowest BCUT2D eigenvalue weighted by molar-refractivity contribution is -0.118. The fraction of sp³-hybridized carbons (Fsp3) is 0.257. The predicted molar refractivity (Wildman–Crippen MR) is 171 cm³/mol. The van der Waals surface area contributed by atoms with Gasteiger partial charge in [-0.3, -0.25) is 9.59 Å². The molecule has 0 aliphatic carbocycles. The van der Waals surface area contributed by atoms with Crippen LogP contribution in [0.4, 0.5) is 28.4 Å². The van der Waals surface area contributed by atoms with E-state index >= 15 is 0 Å². The van der Waals surface area contributed by atoms with Crippen LogP contribution in [0.5, 0.6) is 5.75 Å². The Balaban J connectivity index is 0.968. The summed E-state index contributed by atoms with van der Waals surface area (Å²) in [6.45, 7) is 4.69. The van der Waals surface area contributed by atoms with Crippen LogP contribution in [0.25, 0.3) is 0 Å². The van der Waals surface area contributed by atoms with E-state index in [4.69, 9.17) is 4.74 Å². The third-order valence-electron chi connectivity index (χ3n) is 8.45. The fourth-order valence-corrected chi connectivity index (χ4v) is 6.06. The Morgan fingerprint density at radius 3 is 2.40 bits per heavy atom. The van der Waals surface area contributed by atoms with Crippen LogP contribution in [0.3, 0.4) is 0 Å². The number of nitrogens with zero attached hydrogens (tertiary/aromatic N) is 2. The van der Waals surface area contributed by atoms with E-state index in [0.717, 1.165) is 58.1 Å². The molecule has 7 rings (SSSR count). The van der Waals surface area contributed by atoms with Crippen molar-refractivity contribution < 1.29 is 14.3 Å². The Bertz CT molecular complexity index is 1660. The molecule has 1 saturated heterocycles. The van der Waals surface area contributed by atoms with Gasteiger partial charge in [-0.05, 0) is 98.0 Å². The van der Waals surface area contributed by atoms with Crippen molar-refractivity contribution in [1.82, 2.24) is 0 Å². The molecule has 43 heavy (non-hydrogen) atoms. The summed E-state index contributed by atoms with van der Waals surface area (Å²) in [4.78, 5) is 29.9. The summed E-state index contributed by atoms with van der Waals surface area (Å²) in [5.74, 6) is 0.460. The van der Waals surface area contributed by atoms with E-state index in [1.807, 2.05) is 84.6 Å². The molecule has 4 aromatic rings. The lowest BCUT2D eigenvalue weighted by atomic mass is 10.1. The molecule has 1 atom stereocenters. The molecule has 218 valence electrons. The summed E-state index contributed by atoms with van der Waals surface area (Å²) in [5.41, 5.74) is 8.83. The van der Waals surface area contributed by atoms with Crippen LogP contribution in [-0.4, -0.2) is 31.5 Å². The van der Waals surface area contributed by atoms with Crippen LogP contribution in [0.1, 0.15) is 52.5 Å². The van der Waals surface area contributed by atoms with Gasteiger partial charge in [0.25, 0.3) is 11.8 Å². The Hall–Kier alpha value is -4.98. The van der Waals surface area contributed by atoms with E-state index < -0.39 is 0 Å². The molecule has 8 nitrogen and oxygen atoms in total. The maximum Gasteiger partial charge on any atom is 0.262 e. The second-order valence-electron chi connectivity index (χ2n) is 11.5. The van der Waals surface area contributed by atoms with Crippen molar-refractivity contribution in [1.29, 1.82) is 0 Å². The van der Waals surface area contributed by atoms with Gasteiger partial charge in [0, 0.05) is 35.7 Å². The van der Waals surface area contributed by atoms with Crippen LogP contribution >= 0.6 is 0 Å². The Morgan fingerprint density at radius 1 is 0.860 bits per heavy atom. The number of piperidine rings is 1. The highest BCUT2D eigenvalue weighted by atomic mass is 16.5. The number of amides is 2. The third-order valence-corrected chi connectivity index (χ3v) is 8.45. The van der Waals surface area contributed by atoms with Gasteiger partial charge >= 0.3 is 0 Å². The molecule has 1 fully saturated rings. The van der Waals surface area contributed by atoms with Crippen LogP contribution in [0, 0.1) is 6.92 Å². The first-order valence-corrected chi connectivity index (χ1v) is 15.0. The highest BCUT2D eigenvalue weighted by molar-refractivity contribution is 6.10.